The van der Waals surface area contributed by atoms with E-state index in [0.717, 1.165) is 25.4 Å². The van der Waals surface area contributed by atoms with Crippen LogP contribution in [0.5, 0.6) is 5.75 Å². The summed E-state index contributed by atoms with van der Waals surface area (Å²) in [5.41, 5.74) is 3.78. The van der Waals surface area contributed by atoms with Gasteiger partial charge in [0, 0.05) is 52.9 Å². The number of rotatable bonds is 11. The van der Waals surface area contributed by atoms with Crippen molar-refractivity contribution in [1.82, 2.24) is 9.80 Å². The summed E-state index contributed by atoms with van der Waals surface area (Å²) in [6, 6.07) is 17.0. The fraction of sp³-hybridized carbons (Fsp3) is 0.500. The monoisotopic (exact) mass is 440 g/mol. The van der Waals surface area contributed by atoms with E-state index in [1.165, 1.54) is 16.7 Å². The second-order valence-corrected chi connectivity index (χ2v) is 8.55. The maximum atomic E-state index is 12.7. The highest BCUT2D eigenvalue weighted by molar-refractivity contribution is 5.77. The zero-order valence-corrected chi connectivity index (χ0v) is 19.8. The fourth-order valence-corrected chi connectivity index (χ4v) is 4.57. The molecule has 0 bridgehead atoms. The Kier molecular flexibility index (Phi) is 9.09. The molecule has 0 spiro atoms. The van der Waals surface area contributed by atoms with E-state index < -0.39 is 0 Å². The quantitative estimate of drug-likeness (QED) is 0.536. The molecule has 2 aromatic carbocycles. The molecule has 1 aliphatic heterocycles. The highest BCUT2D eigenvalue weighted by Gasteiger charge is 2.37. The Balaban J connectivity index is 1.83. The summed E-state index contributed by atoms with van der Waals surface area (Å²) in [6.07, 6.45) is 0. The van der Waals surface area contributed by atoms with Crippen LogP contribution in [0, 0.1) is 12.8 Å². The smallest absolute Gasteiger partial charge is 0.248 e. The predicted octanol–water partition coefficient (Wildman–Crippen LogP) is 3.34. The molecule has 1 amide bonds. The molecule has 6 heteroatoms. The van der Waals surface area contributed by atoms with Crippen molar-refractivity contribution in [3.63, 3.8) is 0 Å². The Labute approximate surface area is 192 Å². The molecular weight excluding hydrogens is 404 g/mol. The van der Waals surface area contributed by atoms with Gasteiger partial charge in [-0.15, -0.1) is 0 Å². The minimum atomic E-state index is 0.000288. The normalized spacial score (nSPS) is 18.6. The van der Waals surface area contributed by atoms with Gasteiger partial charge in [0.1, 0.15) is 12.4 Å². The van der Waals surface area contributed by atoms with Crippen molar-refractivity contribution in [3.8, 4) is 5.75 Å². The van der Waals surface area contributed by atoms with Crippen LogP contribution < -0.4 is 4.74 Å². The molecule has 0 unspecified atom stereocenters. The maximum Gasteiger partial charge on any atom is 0.248 e. The van der Waals surface area contributed by atoms with Crippen molar-refractivity contribution >= 4 is 5.91 Å². The molecule has 1 fully saturated rings. The number of amides is 1. The first kappa shape index (κ1) is 24.2. The summed E-state index contributed by atoms with van der Waals surface area (Å²) in [6.45, 7) is 6.67. The first-order valence-corrected chi connectivity index (χ1v) is 11.2. The van der Waals surface area contributed by atoms with Crippen molar-refractivity contribution in [2.75, 3.05) is 60.7 Å². The topological polar surface area (TPSA) is 51.2 Å². The van der Waals surface area contributed by atoms with E-state index in [0.29, 0.717) is 19.7 Å². The number of hydrogen-bond acceptors (Lipinski definition) is 5. The lowest BCUT2D eigenvalue weighted by Crippen LogP contribution is -2.41. The van der Waals surface area contributed by atoms with E-state index in [1.807, 2.05) is 17.0 Å². The first-order valence-electron chi connectivity index (χ1n) is 11.2. The number of likely N-dealkylation sites (tertiary alicyclic amines) is 1. The van der Waals surface area contributed by atoms with Crippen molar-refractivity contribution in [2.45, 2.75) is 19.4 Å². The van der Waals surface area contributed by atoms with E-state index in [9.17, 15) is 4.79 Å². The van der Waals surface area contributed by atoms with E-state index in [4.69, 9.17) is 14.2 Å². The summed E-state index contributed by atoms with van der Waals surface area (Å²) in [7, 11) is 4.94. The molecular formula is C26H36N2O4. The summed E-state index contributed by atoms with van der Waals surface area (Å²) >= 11 is 0. The minimum absolute atomic E-state index is 0.000288. The fourth-order valence-electron chi connectivity index (χ4n) is 4.57. The first-order chi connectivity index (χ1) is 15.5. The summed E-state index contributed by atoms with van der Waals surface area (Å²) in [4.78, 5) is 17.1. The van der Waals surface area contributed by atoms with Crippen LogP contribution in [0.2, 0.25) is 0 Å². The number of carbonyl (C=O) groups is 1. The van der Waals surface area contributed by atoms with Crippen LogP contribution in [-0.2, 0) is 20.8 Å². The molecule has 174 valence electrons. The van der Waals surface area contributed by atoms with Crippen LogP contribution in [0.15, 0.2) is 48.5 Å². The Morgan fingerprint density at radius 3 is 2.47 bits per heavy atom. The number of ether oxygens (including phenoxy) is 3. The van der Waals surface area contributed by atoms with Crippen molar-refractivity contribution in [2.24, 2.45) is 5.92 Å². The van der Waals surface area contributed by atoms with Crippen LogP contribution >= 0.6 is 0 Å². The maximum absolute atomic E-state index is 12.7. The number of nitrogens with zero attached hydrogens (tertiary/aromatic N) is 2. The van der Waals surface area contributed by atoms with Crippen LogP contribution in [-0.4, -0.2) is 76.4 Å². The SMILES string of the molecule is COCCN(C[C@@H]1CN(Cc2ccc(C)cc2)C[C@@H]1c1ccccc1OC)C(=O)COC. The van der Waals surface area contributed by atoms with Gasteiger partial charge < -0.3 is 19.1 Å². The van der Waals surface area contributed by atoms with Gasteiger partial charge in [0.25, 0.3) is 0 Å². The van der Waals surface area contributed by atoms with Crippen LogP contribution in [0.3, 0.4) is 0 Å². The molecule has 1 aliphatic rings. The Morgan fingerprint density at radius 1 is 1.03 bits per heavy atom. The zero-order chi connectivity index (χ0) is 22.9. The van der Waals surface area contributed by atoms with E-state index in [-0.39, 0.29) is 24.3 Å². The second kappa shape index (κ2) is 12.0. The molecule has 32 heavy (non-hydrogen) atoms. The van der Waals surface area contributed by atoms with Crippen molar-refractivity contribution < 1.29 is 19.0 Å². The lowest BCUT2D eigenvalue weighted by atomic mass is 9.88. The third-order valence-corrected chi connectivity index (χ3v) is 6.22. The molecule has 0 radical (unpaired) electrons. The molecule has 3 rings (SSSR count). The molecule has 1 heterocycles. The number of benzene rings is 2. The summed E-state index contributed by atoms with van der Waals surface area (Å²) in [5.74, 6) is 1.47. The van der Waals surface area contributed by atoms with Gasteiger partial charge >= 0.3 is 0 Å². The van der Waals surface area contributed by atoms with Gasteiger partial charge in [-0.2, -0.15) is 0 Å². The van der Waals surface area contributed by atoms with Gasteiger partial charge in [-0.1, -0.05) is 48.0 Å². The molecule has 0 aliphatic carbocycles. The molecule has 2 aromatic rings. The lowest BCUT2D eigenvalue weighted by Gasteiger charge is -2.29. The van der Waals surface area contributed by atoms with Crippen molar-refractivity contribution in [3.05, 3.63) is 65.2 Å². The Hall–Kier alpha value is -2.41. The predicted molar refractivity (Wildman–Crippen MR) is 126 cm³/mol. The number of hydrogen-bond donors (Lipinski definition) is 0. The third-order valence-electron chi connectivity index (χ3n) is 6.22. The highest BCUT2D eigenvalue weighted by atomic mass is 16.5. The van der Waals surface area contributed by atoms with Gasteiger partial charge in [0.15, 0.2) is 0 Å². The molecule has 6 nitrogen and oxygen atoms in total. The Morgan fingerprint density at radius 2 is 1.78 bits per heavy atom. The van der Waals surface area contributed by atoms with Crippen LogP contribution in [0.25, 0.3) is 0 Å². The van der Waals surface area contributed by atoms with Gasteiger partial charge in [0.05, 0.1) is 13.7 Å². The van der Waals surface area contributed by atoms with E-state index in [2.05, 4.69) is 48.2 Å². The number of carbonyl (C=O) groups excluding carboxylic acids is 1. The number of methoxy groups -OCH3 is 3. The van der Waals surface area contributed by atoms with Crippen molar-refractivity contribution in [1.29, 1.82) is 0 Å². The molecule has 0 N–H and O–H groups in total. The van der Waals surface area contributed by atoms with Gasteiger partial charge in [-0.25, -0.2) is 0 Å². The molecule has 2 atom stereocenters. The molecule has 1 saturated heterocycles. The highest BCUT2D eigenvalue weighted by Crippen LogP contribution is 2.38. The van der Waals surface area contributed by atoms with Gasteiger partial charge in [0.2, 0.25) is 5.91 Å². The molecule has 0 aromatic heterocycles. The second-order valence-electron chi connectivity index (χ2n) is 8.55. The van der Waals surface area contributed by atoms with Crippen LogP contribution in [0.1, 0.15) is 22.6 Å². The number of para-hydroxylation sites is 1. The van der Waals surface area contributed by atoms with E-state index in [1.54, 1.807) is 21.3 Å². The average molecular weight is 441 g/mol. The average Bonchev–Trinajstić information content (AvgIpc) is 3.20. The standard InChI is InChI=1S/C26H36N2O4/c1-20-9-11-21(12-10-20)15-27-16-22(17-28(13-14-30-2)26(29)19-31-3)24(18-27)23-7-5-6-8-25(23)32-4/h5-12,22,24H,13-19H2,1-4H3/t22-,24-/m0/s1. The van der Waals surface area contributed by atoms with Gasteiger partial charge in [-0.3, -0.25) is 9.69 Å². The summed E-state index contributed by atoms with van der Waals surface area (Å²) in [5, 5.41) is 0. The Bertz CT molecular complexity index is 855. The minimum Gasteiger partial charge on any atom is -0.496 e. The lowest BCUT2D eigenvalue weighted by molar-refractivity contribution is -0.136. The molecule has 0 saturated carbocycles. The van der Waals surface area contributed by atoms with Gasteiger partial charge in [-0.05, 0) is 30.0 Å². The largest absolute Gasteiger partial charge is 0.496 e. The third kappa shape index (κ3) is 6.31. The van der Waals surface area contributed by atoms with E-state index >= 15 is 0 Å². The summed E-state index contributed by atoms with van der Waals surface area (Å²) < 4.78 is 16.1. The number of aryl methyl sites for hydroxylation is 1. The van der Waals surface area contributed by atoms with Crippen LogP contribution in [0.4, 0.5) is 0 Å². The zero-order valence-electron chi connectivity index (χ0n) is 19.8.